The first-order valence-electron chi connectivity index (χ1n) is 13.3. The van der Waals surface area contributed by atoms with Crippen LogP contribution in [0.4, 0.5) is 4.79 Å². The van der Waals surface area contributed by atoms with Crippen LogP contribution in [-0.2, 0) is 36.4 Å². The number of carboxylic acid groups (broad SMARTS) is 1. The first-order chi connectivity index (χ1) is 18.7. The monoisotopic (exact) mass is 560 g/mol. The topological polar surface area (TPSA) is 142 Å². The molecule has 0 bridgehead atoms. The maximum absolute atomic E-state index is 13.2. The minimum Gasteiger partial charge on any atom is -0.480 e. The van der Waals surface area contributed by atoms with E-state index < -0.39 is 37.7 Å². The van der Waals surface area contributed by atoms with Crippen molar-refractivity contribution in [2.75, 3.05) is 19.3 Å². The number of hydrogen-bond donors (Lipinski definition) is 3. The molecule has 39 heavy (non-hydrogen) atoms. The van der Waals surface area contributed by atoms with Gasteiger partial charge in [-0.1, -0.05) is 60.7 Å². The molecule has 0 spiro atoms. The van der Waals surface area contributed by atoms with Gasteiger partial charge in [0.15, 0.2) is 0 Å². The number of nitrogens with zero attached hydrogens (tertiary/aromatic N) is 1. The molecule has 1 saturated heterocycles. The maximum atomic E-state index is 13.2. The molecule has 11 heteroatoms. The summed E-state index contributed by atoms with van der Waals surface area (Å²) in [6, 6.07) is 17.8. The van der Waals surface area contributed by atoms with E-state index in [1.165, 1.54) is 4.90 Å². The van der Waals surface area contributed by atoms with Crippen LogP contribution < -0.4 is 5.32 Å². The third-order valence-electron chi connectivity index (χ3n) is 6.51. The Morgan fingerprint density at radius 3 is 2.33 bits per heavy atom. The summed E-state index contributed by atoms with van der Waals surface area (Å²) >= 11 is 0. The van der Waals surface area contributed by atoms with Crippen LogP contribution in [0.15, 0.2) is 60.7 Å². The predicted octanol–water partition coefficient (Wildman–Crippen LogP) is 4.36. The number of carbonyl (C=O) groups excluding carboxylic acids is 2. The molecule has 10 nitrogen and oxygen atoms in total. The van der Waals surface area contributed by atoms with Crippen molar-refractivity contribution in [3.05, 3.63) is 71.8 Å². The van der Waals surface area contributed by atoms with Gasteiger partial charge in [-0.2, -0.15) is 0 Å². The fourth-order valence-corrected chi connectivity index (χ4v) is 5.75. The fraction of sp³-hybridized carbons (Fsp3) is 0.464. The smallest absolute Gasteiger partial charge is 0.407 e. The molecule has 2 amide bonds. The molecule has 2 aromatic rings. The Kier molecular flexibility index (Phi) is 12.0. The van der Waals surface area contributed by atoms with E-state index in [1.807, 2.05) is 60.7 Å². The molecular formula is C28H37N2O8P. The lowest BCUT2D eigenvalue weighted by Gasteiger charge is -2.28. The Balaban J connectivity index is 1.50. The molecule has 0 aromatic heterocycles. The number of aryl methyl sites for hydroxylation is 1. The van der Waals surface area contributed by atoms with Gasteiger partial charge in [-0.25, -0.2) is 9.59 Å². The van der Waals surface area contributed by atoms with E-state index in [-0.39, 0.29) is 32.3 Å². The number of rotatable bonds is 15. The average Bonchev–Trinajstić information content (AvgIpc) is 3.42. The summed E-state index contributed by atoms with van der Waals surface area (Å²) < 4.78 is 23.6. The number of likely N-dealkylation sites (tertiary alicyclic amines) is 1. The van der Waals surface area contributed by atoms with Crippen LogP contribution in [0.25, 0.3) is 0 Å². The van der Waals surface area contributed by atoms with Crippen molar-refractivity contribution in [2.45, 2.75) is 63.7 Å². The Morgan fingerprint density at radius 2 is 1.67 bits per heavy atom. The minimum absolute atomic E-state index is 0.117. The van der Waals surface area contributed by atoms with E-state index in [4.69, 9.17) is 9.26 Å². The lowest BCUT2D eigenvalue weighted by Crippen LogP contribution is -2.46. The average molecular weight is 561 g/mol. The van der Waals surface area contributed by atoms with E-state index in [0.29, 0.717) is 38.5 Å². The number of nitrogens with one attached hydrogen (secondary N) is 1. The number of carbonyl (C=O) groups is 3. The highest BCUT2D eigenvalue weighted by atomic mass is 31.2. The third-order valence-corrected chi connectivity index (χ3v) is 7.98. The van der Waals surface area contributed by atoms with E-state index in [2.05, 4.69) is 5.32 Å². The van der Waals surface area contributed by atoms with Crippen molar-refractivity contribution in [1.82, 2.24) is 10.2 Å². The molecule has 1 fully saturated rings. The molecule has 0 aliphatic carbocycles. The number of unbranched alkanes of at least 4 members (excludes halogenated alkanes) is 1. The highest BCUT2D eigenvalue weighted by Crippen LogP contribution is 2.45. The SMILES string of the molecule is O=C(NCCCC[C@H](OP(=O)(O)CCCc1ccccc1)C(=O)N1CCC[C@H]1C(=O)O)OCc1ccccc1. The molecule has 1 aliphatic heterocycles. The first-order valence-corrected chi connectivity index (χ1v) is 15.0. The molecule has 1 unspecified atom stereocenters. The standard InChI is InChI=1S/C28H37N2O8P/c31-26(30-19-9-16-24(30)27(32)33)25(38-39(35,36)20-10-15-22-11-3-1-4-12-22)17-7-8-18-29-28(34)37-21-23-13-5-2-6-14-23/h1-6,11-14,24-25H,7-10,15-21H2,(H,29,34)(H,32,33)(H,35,36)/t24-,25-/m0/s1. The van der Waals surface area contributed by atoms with Crippen molar-refractivity contribution in [3.8, 4) is 0 Å². The number of hydrogen-bond acceptors (Lipinski definition) is 6. The second-order valence-electron chi connectivity index (χ2n) is 9.56. The molecule has 0 saturated carbocycles. The van der Waals surface area contributed by atoms with E-state index in [0.717, 1.165) is 11.1 Å². The molecule has 1 heterocycles. The van der Waals surface area contributed by atoms with Gasteiger partial charge in [-0.15, -0.1) is 0 Å². The quantitative estimate of drug-likeness (QED) is 0.215. The van der Waals surface area contributed by atoms with Gasteiger partial charge in [-0.05, 0) is 56.1 Å². The maximum Gasteiger partial charge on any atom is 0.407 e. The lowest BCUT2D eigenvalue weighted by molar-refractivity contribution is -0.151. The molecule has 0 radical (unpaired) electrons. The Hall–Kier alpha value is -3.20. The molecule has 212 valence electrons. The molecule has 2 aromatic carbocycles. The van der Waals surface area contributed by atoms with Crippen LogP contribution in [0.5, 0.6) is 0 Å². The van der Waals surface area contributed by atoms with Crippen molar-refractivity contribution < 1.29 is 38.2 Å². The zero-order valence-electron chi connectivity index (χ0n) is 21.9. The number of carboxylic acids is 1. The van der Waals surface area contributed by atoms with Gasteiger partial charge < -0.3 is 25.0 Å². The molecule has 1 aliphatic rings. The van der Waals surface area contributed by atoms with Gasteiger partial charge >= 0.3 is 19.7 Å². The summed E-state index contributed by atoms with van der Waals surface area (Å²) in [6.45, 7) is 0.686. The lowest BCUT2D eigenvalue weighted by atomic mass is 10.1. The molecule has 3 rings (SSSR count). The summed E-state index contributed by atoms with van der Waals surface area (Å²) in [5.74, 6) is -1.69. The van der Waals surface area contributed by atoms with Crippen LogP contribution >= 0.6 is 7.60 Å². The van der Waals surface area contributed by atoms with Crippen molar-refractivity contribution in [2.24, 2.45) is 0 Å². The van der Waals surface area contributed by atoms with Gasteiger partial charge in [0.2, 0.25) is 0 Å². The number of amides is 2. The van der Waals surface area contributed by atoms with Crippen molar-refractivity contribution >= 4 is 25.6 Å². The molecular weight excluding hydrogens is 523 g/mol. The number of benzene rings is 2. The zero-order chi connectivity index (χ0) is 28.1. The third kappa shape index (κ3) is 10.5. The second-order valence-corrected chi connectivity index (χ2v) is 11.5. The zero-order valence-corrected chi connectivity index (χ0v) is 22.8. The Bertz CT molecular complexity index is 1120. The van der Waals surface area contributed by atoms with Gasteiger partial charge in [0.05, 0.1) is 6.16 Å². The highest BCUT2D eigenvalue weighted by Gasteiger charge is 2.39. The van der Waals surface area contributed by atoms with Crippen LogP contribution in [0.2, 0.25) is 0 Å². The summed E-state index contributed by atoms with van der Waals surface area (Å²) in [5.41, 5.74) is 1.89. The summed E-state index contributed by atoms with van der Waals surface area (Å²) in [5, 5.41) is 12.1. The summed E-state index contributed by atoms with van der Waals surface area (Å²) in [7, 11) is -4.12. The van der Waals surface area contributed by atoms with Gasteiger partial charge in [-0.3, -0.25) is 13.9 Å². The first kappa shape index (κ1) is 30.3. The van der Waals surface area contributed by atoms with Crippen LogP contribution in [0, 0.1) is 0 Å². The number of alkyl carbamates (subject to hydrolysis) is 1. The van der Waals surface area contributed by atoms with E-state index in [1.54, 1.807) is 0 Å². The fourth-order valence-electron chi connectivity index (χ4n) is 4.49. The Morgan fingerprint density at radius 1 is 1.00 bits per heavy atom. The van der Waals surface area contributed by atoms with Crippen LogP contribution in [0.1, 0.15) is 49.7 Å². The molecule has 3 N–H and O–H groups in total. The predicted molar refractivity (Wildman–Crippen MR) is 145 cm³/mol. The summed E-state index contributed by atoms with van der Waals surface area (Å²) in [4.78, 5) is 48.6. The molecule has 3 atom stereocenters. The highest BCUT2D eigenvalue weighted by molar-refractivity contribution is 7.52. The second kappa shape index (κ2) is 15.4. The van der Waals surface area contributed by atoms with Crippen LogP contribution in [0.3, 0.4) is 0 Å². The van der Waals surface area contributed by atoms with Crippen molar-refractivity contribution in [1.29, 1.82) is 0 Å². The largest absolute Gasteiger partial charge is 0.480 e. The minimum atomic E-state index is -4.12. The number of ether oxygens (including phenoxy) is 1. The normalized spacial score (nSPS) is 17.3. The van der Waals surface area contributed by atoms with Gasteiger partial charge in [0, 0.05) is 13.1 Å². The van der Waals surface area contributed by atoms with Crippen molar-refractivity contribution in [3.63, 3.8) is 0 Å². The van der Waals surface area contributed by atoms with E-state index in [9.17, 15) is 28.9 Å². The number of aliphatic carboxylic acids is 1. The van der Waals surface area contributed by atoms with Gasteiger partial charge in [0.1, 0.15) is 18.8 Å². The van der Waals surface area contributed by atoms with Crippen LogP contribution in [-0.4, -0.2) is 64.3 Å². The summed E-state index contributed by atoms with van der Waals surface area (Å²) in [6.07, 6.45) is 0.917. The van der Waals surface area contributed by atoms with Gasteiger partial charge in [0.25, 0.3) is 5.91 Å². The Labute approximate surface area is 228 Å². The van der Waals surface area contributed by atoms with E-state index >= 15 is 0 Å².